The molecule has 1 unspecified atom stereocenters. The molecule has 0 heterocycles. The molecule has 0 fully saturated rings. The van der Waals surface area contributed by atoms with E-state index in [1.54, 1.807) is 0 Å². The van der Waals surface area contributed by atoms with Crippen molar-refractivity contribution in [1.29, 1.82) is 0 Å². The summed E-state index contributed by atoms with van der Waals surface area (Å²) in [5, 5.41) is 0. The van der Waals surface area contributed by atoms with Crippen LogP contribution in [-0.4, -0.2) is 18.3 Å². The highest BCUT2D eigenvalue weighted by molar-refractivity contribution is 6.27. The van der Waals surface area contributed by atoms with E-state index >= 15 is 0 Å². The molecule has 0 aliphatic carbocycles. The van der Waals surface area contributed by atoms with Crippen molar-refractivity contribution < 1.29 is 9.53 Å². The van der Waals surface area contributed by atoms with E-state index in [1.165, 1.54) is 0 Å². The SMILES string of the molecule is CC(COc1ccccc1)C(=O)CCl. The van der Waals surface area contributed by atoms with Gasteiger partial charge in [-0.05, 0) is 12.1 Å². The number of halogens is 1. The molecule has 1 aromatic rings. The first kappa shape index (κ1) is 11.1. The maximum atomic E-state index is 11.1. The average molecular weight is 213 g/mol. The van der Waals surface area contributed by atoms with Crippen molar-refractivity contribution in [3.05, 3.63) is 30.3 Å². The number of hydrogen-bond acceptors (Lipinski definition) is 2. The van der Waals surface area contributed by atoms with Crippen LogP contribution in [0.3, 0.4) is 0 Å². The normalized spacial score (nSPS) is 12.1. The van der Waals surface area contributed by atoms with E-state index < -0.39 is 0 Å². The van der Waals surface area contributed by atoms with E-state index in [-0.39, 0.29) is 17.6 Å². The van der Waals surface area contributed by atoms with E-state index in [0.717, 1.165) is 5.75 Å². The second kappa shape index (κ2) is 5.66. The molecule has 0 aliphatic heterocycles. The predicted molar refractivity (Wildman–Crippen MR) is 56.8 cm³/mol. The summed E-state index contributed by atoms with van der Waals surface area (Å²) in [4.78, 5) is 11.1. The summed E-state index contributed by atoms with van der Waals surface area (Å²) in [6.07, 6.45) is 0. The number of carbonyl (C=O) groups excluding carboxylic acids is 1. The molecule has 0 aliphatic rings. The fourth-order valence-corrected chi connectivity index (χ4v) is 1.23. The first-order valence-electron chi connectivity index (χ1n) is 4.50. The molecule has 3 heteroatoms. The molecule has 14 heavy (non-hydrogen) atoms. The van der Waals surface area contributed by atoms with E-state index in [2.05, 4.69) is 0 Å². The Morgan fingerprint density at radius 1 is 1.43 bits per heavy atom. The number of ketones is 1. The van der Waals surface area contributed by atoms with Gasteiger partial charge in [0.25, 0.3) is 0 Å². The summed E-state index contributed by atoms with van der Waals surface area (Å²) in [5.74, 6) is 0.705. The van der Waals surface area contributed by atoms with Crippen LogP contribution in [0.15, 0.2) is 30.3 Å². The van der Waals surface area contributed by atoms with Crippen LogP contribution >= 0.6 is 11.6 Å². The minimum Gasteiger partial charge on any atom is -0.493 e. The first-order chi connectivity index (χ1) is 6.74. The van der Waals surface area contributed by atoms with Crippen molar-refractivity contribution in [3.63, 3.8) is 0 Å². The minimum absolute atomic E-state index is 0.0163. The molecular formula is C11H13ClO2. The Balaban J connectivity index is 2.38. The molecule has 0 N–H and O–H groups in total. The maximum absolute atomic E-state index is 11.1. The molecule has 0 aromatic heterocycles. The molecule has 0 bridgehead atoms. The lowest BCUT2D eigenvalue weighted by Gasteiger charge is -2.10. The van der Waals surface area contributed by atoms with E-state index in [9.17, 15) is 4.79 Å². The summed E-state index contributed by atoms with van der Waals surface area (Å²) in [7, 11) is 0. The number of para-hydroxylation sites is 1. The molecule has 1 atom stereocenters. The lowest BCUT2D eigenvalue weighted by atomic mass is 10.1. The van der Waals surface area contributed by atoms with Gasteiger partial charge in [-0.15, -0.1) is 11.6 Å². The van der Waals surface area contributed by atoms with Crippen LogP contribution in [-0.2, 0) is 4.79 Å². The number of carbonyl (C=O) groups is 1. The van der Waals surface area contributed by atoms with E-state index in [4.69, 9.17) is 16.3 Å². The molecule has 0 spiro atoms. The summed E-state index contributed by atoms with van der Waals surface area (Å²) in [6, 6.07) is 9.42. The zero-order valence-electron chi connectivity index (χ0n) is 8.07. The Morgan fingerprint density at radius 2 is 2.07 bits per heavy atom. The Hall–Kier alpha value is -1.02. The van der Waals surface area contributed by atoms with Gasteiger partial charge in [0.15, 0.2) is 5.78 Å². The van der Waals surface area contributed by atoms with E-state index in [0.29, 0.717) is 6.61 Å². The van der Waals surface area contributed by atoms with Crippen molar-refractivity contribution >= 4 is 17.4 Å². The third kappa shape index (κ3) is 3.38. The van der Waals surface area contributed by atoms with Crippen LogP contribution < -0.4 is 4.74 Å². The predicted octanol–water partition coefficient (Wildman–Crippen LogP) is 2.51. The minimum atomic E-state index is -0.146. The monoisotopic (exact) mass is 212 g/mol. The Bertz CT molecular complexity index is 285. The fourth-order valence-electron chi connectivity index (χ4n) is 0.963. The number of alkyl halides is 1. The lowest BCUT2D eigenvalue weighted by molar-refractivity contribution is -0.120. The van der Waals surface area contributed by atoms with Gasteiger partial charge in [-0.25, -0.2) is 0 Å². The van der Waals surface area contributed by atoms with Gasteiger partial charge in [0.2, 0.25) is 0 Å². The highest BCUT2D eigenvalue weighted by Crippen LogP contribution is 2.10. The van der Waals surface area contributed by atoms with Crippen LogP contribution in [0.5, 0.6) is 5.75 Å². The van der Waals surface area contributed by atoms with Crippen LogP contribution in [0.2, 0.25) is 0 Å². The zero-order valence-corrected chi connectivity index (χ0v) is 8.83. The Kier molecular flexibility index (Phi) is 4.47. The average Bonchev–Trinajstić information content (AvgIpc) is 2.26. The Morgan fingerprint density at radius 3 is 2.64 bits per heavy atom. The third-order valence-corrected chi connectivity index (χ3v) is 2.19. The van der Waals surface area contributed by atoms with Crippen molar-refractivity contribution in [2.75, 3.05) is 12.5 Å². The largest absolute Gasteiger partial charge is 0.493 e. The van der Waals surface area contributed by atoms with Gasteiger partial charge in [0.1, 0.15) is 5.75 Å². The molecule has 0 amide bonds. The second-order valence-electron chi connectivity index (χ2n) is 3.13. The molecule has 1 aromatic carbocycles. The van der Waals surface area contributed by atoms with Gasteiger partial charge in [-0.3, -0.25) is 4.79 Å². The van der Waals surface area contributed by atoms with Gasteiger partial charge < -0.3 is 4.74 Å². The van der Waals surface area contributed by atoms with Gasteiger partial charge in [-0.1, -0.05) is 25.1 Å². The number of benzene rings is 1. The smallest absolute Gasteiger partial charge is 0.153 e. The molecule has 1 rings (SSSR count). The molecule has 0 saturated heterocycles. The number of rotatable bonds is 5. The molecule has 0 radical (unpaired) electrons. The third-order valence-electron chi connectivity index (χ3n) is 1.92. The lowest BCUT2D eigenvalue weighted by Crippen LogP contribution is -2.19. The molecule has 2 nitrogen and oxygen atoms in total. The zero-order chi connectivity index (χ0) is 10.4. The number of ether oxygens (including phenoxy) is 1. The molecule has 0 saturated carbocycles. The Labute approximate surface area is 88.8 Å². The quantitative estimate of drug-likeness (QED) is 0.702. The summed E-state index contributed by atoms with van der Waals surface area (Å²) in [6.45, 7) is 2.20. The summed E-state index contributed by atoms with van der Waals surface area (Å²) in [5.41, 5.74) is 0. The van der Waals surface area contributed by atoms with Gasteiger partial charge in [-0.2, -0.15) is 0 Å². The highest BCUT2D eigenvalue weighted by Gasteiger charge is 2.11. The number of hydrogen-bond donors (Lipinski definition) is 0. The van der Waals surface area contributed by atoms with Crippen molar-refractivity contribution in [2.45, 2.75) is 6.92 Å². The maximum Gasteiger partial charge on any atom is 0.153 e. The topological polar surface area (TPSA) is 26.3 Å². The fraction of sp³-hybridized carbons (Fsp3) is 0.364. The van der Waals surface area contributed by atoms with Crippen LogP contribution in [0, 0.1) is 5.92 Å². The van der Waals surface area contributed by atoms with E-state index in [1.807, 2.05) is 37.3 Å². The summed E-state index contributed by atoms with van der Waals surface area (Å²) >= 11 is 5.42. The molecular weight excluding hydrogens is 200 g/mol. The first-order valence-corrected chi connectivity index (χ1v) is 5.04. The van der Waals surface area contributed by atoms with Crippen LogP contribution in [0.4, 0.5) is 0 Å². The van der Waals surface area contributed by atoms with Crippen LogP contribution in [0.25, 0.3) is 0 Å². The highest BCUT2D eigenvalue weighted by atomic mass is 35.5. The van der Waals surface area contributed by atoms with Gasteiger partial charge in [0, 0.05) is 0 Å². The number of Topliss-reactive ketones (excluding diaryl/α,β-unsaturated/α-hetero) is 1. The second-order valence-corrected chi connectivity index (χ2v) is 3.39. The van der Waals surface area contributed by atoms with Gasteiger partial charge >= 0.3 is 0 Å². The summed E-state index contributed by atoms with van der Waals surface area (Å²) < 4.78 is 5.41. The van der Waals surface area contributed by atoms with Crippen molar-refractivity contribution in [2.24, 2.45) is 5.92 Å². The standard InChI is InChI=1S/C11H13ClO2/c1-9(11(13)7-12)8-14-10-5-3-2-4-6-10/h2-6,9H,7-8H2,1H3. The van der Waals surface area contributed by atoms with Crippen molar-refractivity contribution in [3.8, 4) is 5.75 Å². The molecule has 76 valence electrons. The van der Waals surface area contributed by atoms with Gasteiger partial charge in [0.05, 0.1) is 18.4 Å². The van der Waals surface area contributed by atoms with Crippen molar-refractivity contribution in [1.82, 2.24) is 0 Å². The van der Waals surface area contributed by atoms with Crippen LogP contribution in [0.1, 0.15) is 6.92 Å².